The molecule has 0 bridgehead atoms. The molecule has 4 aromatic rings. The number of carbonyl (C=O) groups is 1. The zero-order valence-corrected chi connectivity index (χ0v) is 26.4. The number of carbonyl (C=O) groups excluding carboxylic acids is 1. The number of rotatable bonds is 8. The van der Waals surface area contributed by atoms with Gasteiger partial charge in [0.15, 0.2) is 0 Å². The third kappa shape index (κ3) is 5.94. The van der Waals surface area contributed by atoms with Crippen molar-refractivity contribution in [3.05, 3.63) is 64.1 Å². The second-order valence-corrected chi connectivity index (χ2v) is 12.8. The van der Waals surface area contributed by atoms with Gasteiger partial charge >= 0.3 is 0 Å². The molecule has 3 heterocycles. The molecule has 1 aliphatic carbocycles. The molecule has 5 N–H and O–H groups in total. The summed E-state index contributed by atoms with van der Waals surface area (Å²) < 4.78 is 5.91. The molecule has 2 aromatic carbocycles. The van der Waals surface area contributed by atoms with E-state index in [9.17, 15) is 9.90 Å². The summed E-state index contributed by atoms with van der Waals surface area (Å²) in [6, 6.07) is 11.2. The van der Waals surface area contributed by atoms with E-state index < -0.39 is 11.6 Å². The van der Waals surface area contributed by atoms with Gasteiger partial charge in [0, 0.05) is 33.1 Å². The number of aromatic amines is 1. The van der Waals surface area contributed by atoms with Gasteiger partial charge in [0.05, 0.1) is 36.6 Å². The molecule has 2 aromatic heterocycles. The fourth-order valence-electron chi connectivity index (χ4n) is 6.51. The number of aliphatic hydroxyl groups excluding tert-OH is 1. The molecule has 0 radical (unpaired) electrons. The van der Waals surface area contributed by atoms with Crippen molar-refractivity contribution in [2.45, 2.75) is 83.5 Å². The van der Waals surface area contributed by atoms with Crippen LogP contribution < -0.4 is 20.9 Å². The third-order valence-electron chi connectivity index (χ3n) is 8.60. The van der Waals surface area contributed by atoms with E-state index in [4.69, 9.17) is 31.1 Å². The smallest absolute Gasteiger partial charge is 0.222 e. The molecule has 2 aliphatic rings. The molecule has 6 rings (SSSR count). The van der Waals surface area contributed by atoms with Gasteiger partial charge in [-0.15, -0.1) is 5.48 Å². The molecule has 1 saturated carbocycles. The Labute approximate surface area is 261 Å². The van der Waals surface area contributed by atoms with Crippen LogP contribution in [-0.2, 0) is 9.63 Å². The minimum absolute atomic E-state index is 0.0541. The standard InChI is InChI=1S/C33H39ClN6O4/c1-17-30(33(3,4)40-44-17)24-14-26-23(15-27(24)43-5)29-31(35-18(2)36-32(29)39-26)38-25(19-7-6-8-20(34)13-19)16-28(42)37-21-9-11-22(41)12-10-21/h6-8,13-15,21-22,25,40-41H,9-12,16H2,1-5H3,(H,37,42)(H2,35,36,38,39)/t21-,22-,25-/m1/s1. The van der Waals surface area contributed by atoms with E-state index in [0.717, 1.165) is 51.6 Å². The van der Waals surface area contributed by atoms with Gasteiger partial charge < -0.3 is 30.3 Å². The zero-order chi connectivity index (χ0) is 31.2. The van der Waals surface area contributed by atoms with Gasteiger partial charge in [0.25, 0.3) is 0 Å². The minimum Gasteiger partial charge on any atom is -0.496 e. The largest absolute Gasteiger partial charge is 0.496 e. The number of halogens is 1. The molecular formula is C33H39ClN6O4. The van der Waals surface area contributed by atoms with Crippen LogP contribution in [0.5, 0.6) is 5.75 Å². The fraction of sp³-hybridized carbons (Fsp3) is 0.424. The monoisotopic (exact) mass is 618 g/mol. The Kier molecular flexibility index (Phi) is 8.17. The normalized spacial score (nSPS) is 20.5. The van der Waals surface area contributed by atoms with Gasteiger partial charge in [-0.1, -0.05) is 23.7 Å². The van der Waals surface area contributed by atoms with E-state index in [0.29, 0.717) is 40.9 Å². The van der Waals surface area contributed by atoms with Gasteiger partial charge in [0.2, 0.25) is 5.91 Å². The van der Waals surface area contributed by atoms with Crippen LogP contribution in [0.4, 0.5) is 5.82 Å². The van der Waals surface area contributed by atoms with E-state index >= 15 is 0 Å². The Morgan fingerprint density at radius 2 is 1.95 bits per heavy atom. The first-order valence-electron chi connectivity index (χ1n) is 15.1. The third-order valence-corrected chi connectivity index (χ3v) is 8.84. The second kappa shape index (κ2) is 11.9. The lowest BCUT2D eigenvalue weighted by Gasteiger charge is -2.27. The van der Waals surface area contributed by atoms with E-state index in [1.807, 2.05) is 44.2 Å². The molecule has 0 spiro atoms. The van der Waals surface area contributed by atoms with Crippen molar-refractivity contribution in [3.63, 3.8) is 0 Å². The number of hydrogen-bond acceptors (Lipinski definition) is 8. The minimum atomic E-state index is -0.415. The zero-order valence-electron chi connectivity index (χ0n) is 25.7. The Morgan fingerprint density at radius 1 is 1.18 bits per heavy atom. The van der Waals surface area contributed by atoms with Gasteiger partial charge in [-0.2, -0.15) is 0 Å². The van der Waals surface area contributed by atoms with Gasteiger partial charge in [-0.25, -0.2) is 9.97 Å². The average Bonchev–Trinajstić information content (AvgIpc) is 3.47. The van der Waals surface area contributed by atoms with Gasteiger partial charge in [-0.3, -0.25) is 4.79 Å². The molecular weight excluding hydrogens is 580 g/mol. The molecule has 10 nitrogen and oxygen atoms in total. The molecule has 0 saturated heterocycles. The van der Waals surface area contributed by atoms with E-state index in [-0.39, 0.29) is 24.5 Å². The van der Waals surface area contributed by atoms with Crippen molar-refractivity contribution < 1.29 is 19.5 Å². The van der Waals surface area contributed by atoms with Crippen LogP contribution in [0.3, 0.4) is 0 Å². The Morgan fingerprint density at radius 3 is 2.64 bits per heavy atom. The molecule has 1 aliphatic heterocycles. The molecule has 1 amide bonds. The number of anilines is 1. The van der Waals surface area contributed by atoms with Crippen molar-refractivity contribution in [2.24, 2.45) is 0 Å². The van der Waals surface area contributed by atoms with Gasteiger partial charge in [0.1, 0.15) is 28.8 Å². The first-order valence-corrected chi connectivity index (χ1v) is 15.4. The number of aliphatic hydroxyl groups is 1. The first-order chi connectivity index (χ1) is 21.0. The van der Waals surface area contributed by atoms with Crippen LogP contribution in [-0.4, -0.2) is 50.8 Å². The number of nitrogens with one attached hydrogen (secondary N) is 4. The van der Waals surface area contributed by atoms with Crippen LogP contribution >= 0.6 is 11.6 Å². The second-order valence-electron chi connectivity index (χ2n) is 12.4. The van der Waals surface area contributed by atoms with Crippen LogP contribution in [0, 0.1) is 6.92 Å². The summed E-state index contributed by atoms with van der Waals surface area (Å²) in [5.41, 5.74) is 7.03. The Balaban J connectivity index is 1.40. The molecule has 1 fully saturated rings. The fourth-order valence-corrected chi connectivity index (χ4v) is 6.71. The number of hydrogen-bond donors (Lipinski definition) is 5. The molecule has 11 heteroatoms. The van der Waals surface area contributed by atoms with Crippen LogP contribution in [0.25, 0.3) is 27.5 Å². The lowest BCUT2D eigenvalue weighted by atomic mass is 9.87. The maximum atomic E-state index is 13.3. The number of aromatic nitrogens is 3. The highest BCUT2D eigenvalue weighted by Crippen LogP contribution is 2.43. The van der Waals surface area contributed by atoms with Crippen molar-refractivity contribution in [2.75, 3.05) is 12.4 Å². The van der Waals surface area contributed by atoms with Crippen LogP contribution in [0.15, 0.2) is 42.2 Å². The predicted molar refractivity (Wildman–Crippen MR) is 172 cm³/mol. The summed E-state index contributed by atoms with van der Waals surface area (Å²) in [4.78, 5) is 32.1. The quantitative estimate of drug-likeness (QED) is 0.160. The van der Waals surface area contributed by atoms with Crippen molar-refractivity contribution in [3.8, 4) is 5.75 Å². The van der Waals surface area contributed by atoms with Crippen molar-refractivity contribution in [1.29, 1.82) is 0 Å². The van der Waals surface area contributed by atoms with Crippen molar-refractivity contribution in [1.82, 2.24) is 25.7 Å². The SMILES string of the molecule is COc1cc2c(cc1C1=C(C)ONC1(C)C)[nH]c1nc(C)nc(N[C@H](CC(=O)N[C@H]3CC[C@H](O)CC3)c3cccc(Cl)c3)c12. The van der Waals surface area contributed by atoms with Gasteiger partial charge in [-0.05, 0) is 83.2 Å². The van der Waals surface area contributed by atoms with E-state index in [1.54, 1.807) is 7.11 Å². The van der Waals surface area contributed by atoms with Crippen LogP contribution in [0.2, 0.25) is 5.02 Å². The number of methoxy groups -OCH3 is 1. The summed E-state index contributed by atoms with van der Waals surface area (Å²) in [5.74, 6) is 2.60. The van der Waals surface area contributed by atoms with E-state index in [1.165, 1.54) is 0 Å². The number of fused-ring (bicyclic) bond motifs is 3. The highest BCUT2D eigenvalue weighted by Gasteiger charge is 2.36. The predicted octanol–water partition coefficient (Wildman–Crippen LogP) is 6.09. The average molecular weight is 619 g/mol. The summed E-state index contributed by atoms with van der Waals surface area (Å²) in [5, 5.41) is 18.9. The lowest BCUT2D eigenvalue weighted by Crippen LogP contribution is -2.39. The maximum Gasteiger partial charge on any atom is 0.222 e. The number of amides is 1. The maximum absolute atomic E-state index is 13.3. The molecule has 0 unspecified atom stereocenters. The first kappa shape index (κ1) is 30.2. The molecule has 1 atom stereocenters. The number of allylic oxidation sites excluding steroid dienone is 1. The number of nitrogens with zero attached hydrogens (tertiary/aromatic N) is 2. The molecule has 232 valence electrons. The topological polar surface area (TPSA) is 133 Å². The number of aryl methyl sites for hydroxylation is 1. The number of benzene rings is 2. The molecule has 44 heavy (non-hydrogen) atoms. The Hall–Kier alpha value is -3.86. The summed E-state index contributed by atoms with van der Waals surface area (Å²) in [7, 11) is 1.66. The summed E-state index contributed by atoms with van der Waals surface area (Å²) in [6.45, 7) is 7.91. The number of hydroxylamine groups is 1. The summed E-state index contributed by atoms with van der Waals surface area (Å²) in [6.07, 6.45) is 2.82. The Bertz CT molecular complexity index is 1760. The van der Waals surface area contributed by atoms with E-state index in [2.05, 4.69) is 41.0 Å². The lowest BCUT2D eigenvalue weighted by molar-refractivity contribution is -0.122. The van der Waals surface area contributed by atoms with Crippen molar-refractivity contribution >= 4 is 50.8 Å². The highest BCUT2D eigenvalue weighted by atomic mass is 35.5. The number of H-pyrrole nitrogens is 1. The summed E-state index contributed by atoms with van der Waals surface area (Å²) >= 11 is 6.40. The van der Waals surface area contributed by atoms with Crippen LogP contribution in [0.1, 0.15) is 75.9 Å². The number of ether oxygens (including phenoxy) is 1. The highest BCUT2D eigenvalue weighted by molar-refractivity contribution is 6.30.